The zero-order valence-electron chi connectivity index (χ0n) is 15.4. The van der Waals surface area contributed by atoms with Gasteiger partial charge in [-0.3, -0.25) is 9.79 Å². The van der Waals surface area contributed by atoms with E-state index in [2.05, 4.69) is 15.2 Å². The summed E-state index contributed by atoms with van der Waals surface area (Å²) in [6, 6.07) is 6.05. The van der Waals surface area contributed by atoms with Gasteiger partial charge in [0.05, 0.1) is 6.61 Å². The molecule has 3 N–H and O–H groups in total. The summed E-state index contributed by atoms with van der Waals surface area (Å²) >= 11 is 0. The number of likely N-dealkylation sites (tertiary alicyclic amines) is 1. The van der Waals surface area contributed by atoms with Gasteiger partial charge in [0.15, 0.2) is 5.96 Å². The molecule has 0 bridgehead atoms. The van der Waals surface area contributed by atoms with Crippen LogP contribution >= 0.6 is 0 Å². The molecule has 7 heteroatoms. The number of ether oxygens (including phenoxy) is 1. The van der Waals surface area contributed by atoms with Gasteiger partial charge in [-0.15, -0.1) is 0 Å². The van der Waals surface area contributed by atoms with Gasteiger partial charge in [0.1, 0.15) is 11.6 Å². The van der Waals surface area contributed by atoms with Crippen molar-refractivity contribution in [1.82, 2.24) is 10.2 Å². The second kappa shape index (κ2) is 10.6. The van der Waals surface area contributed by atoms with Crippen molar-refractivity contribution in [3.05, 3.63) is 30.1 Å². The molecular formula is C19H29FN4O2. The van der Waals surface area contributed by atoms with Crippen molar-refractivity contribution in [3.8, 4) is 5.75 Å². The summed E-state index contributed by atoms with van der Waals surface area (Å²) in [7, 11) is 1.78. The van der Waals surface area contributed by atoms with Crippen LogP contribution < -0.4 is 15.8 Å². The first-order valence-corrected chi connectivity index (χ1v) is 9.20. The fourth-order valence-electron chi connectivity index (χ4n) is 3.19. The molecule has 0 spiro atoms. The maximum atomic E-state index is 12.8. The quantitative estimate of drug-likeness (QED) is 0.421. The Morgan fingerprint density at radius 2 is 2.15 bits per heavy atom. The zero-order valence-corrected chi connectivity index (χ0v) is 15.4. The molecule has 0 aliphatic carbocycles. The van der Waals surface area contributed by atoms with Crippen LogP contribution in [0.2, 0.25) is 0 Å². The van der Waals surface area contributed by atoms with Gasteiger partial charge in [0.2, 0.25) is 5.91 Å². The summed E-state index contributed by atoms with van der Waals surface area (Å²) in [6.45, 7) is 3.16. The number of benzene rings is 1. The molecule has 1 aliphatic heterocycles. The third kappa shape index (κ3) is 6.90. The first kappa shape index (κ1) is 20.0. The van der Waals surface area contributed by atoms with E-state index in [0.717, 1.165) is 51.3 Å². The van der Waals surface area contributed by atoms with Crippen LogP contribution in [-0.2, 0) is 4.79 Å². The Hall–Kier alpha value is -2.31. The van der Waals surface area contributed by atoms with Crippen LogP contribution in [0.1, 0.15) is 32.1 Å². The van der Waals surface area contributed by atoms with Gasteiger partial charge < -0.3 is 20.7 Å². The highest BCUT2D eigenvalue weighted by Crippen LogP contribution is 2.19. The lowest BCUT2D eigenvalue weighted by molar-refractivity contribution is -0.119. The minimum absolute atomic E-state index is 0.235. The Balaban J connectivity index is 1.64. The standard InChI is InChI=1S/C19H29FN4O2/c1-22-19(24-11-4-5-15(14-24)13-18(21)25)23-10-2-3-12-26-17-8-6-16(20)7-9-17/h6-9,15H,2-5,10-14H2,1H3,(H2,21,25)(H,22,23). The van der Waals surface area contributed by atoms with Crippen LogP contribution in [0.25, 0.3) is 0 Å². The van der Waals surface area contributed by atoms with E-state index in [0.29, 0.717) is 24.7 Å². The van der Waals surface area contributed by atoms with Crippen molar-refractivity contribution in [2.45, 2.75) is 32.1 Å². The number of carbonyl (C=O) groups excluding carboxylic acids is 1. The largest absolute Gasteiger partial charge is 0.494 e. The fraction of sp³-hybridized carbons (Fsp3) is 0.579. The highest BCUT2D eigenvalue weighted by Gasteiger charge is 2.23. The molecule has 1 amide bonds. The smallest absolute Gasteiger partial charge is 0.217 e. The molecule has 0 radical (unpaired) electrons. The summed E-state index contributed by atoms with van der Waals surface area (Å²) < 4.78 is 18.4. The number of hydrogen-bond acceptors (Lipinski definition) is 3. The number of hydrogen-bond donors (Lipinski definition) is 2. The fourth-order valence-corrected chi connectivity index (χ4v) is 3.19. The van der Waals surface area contributed by atoms with E-state index < -0.39 is 0 Å². The highest BCUT2D eigenvalue weighted by atomic mass is 19.1. The molecular weight excluding hydrogens is 335 g/mol. The van der Waals surface area contributed by atoms with Gasteiger partial charge in [-0.1, -0.05) is 0 Å². The number of guanidine groups is 1. The van der Waals surface area contributed by atoms with E-state index in [9.17, 15) is 9.18 Å². The molecule has 2 rings (SSSR count). The summed E-state index contributed by atoms with van der Waals surface area (Å²) in [5.74, 6) is 1.37. The maximum Gasteiger partial charge on any atom is 0.217 e. The molecule has 1 saturated heterocycles. The molecule has 0 saturated carbocycles. The van der Waals surface area contributed by atoms with Crippen molar-refractivity contribution in [2.75, 3.05) is 33.3 Å². The molecule has 1 aromatic rings. The van der Waals surface area contributed by atoms with E-state index in [1.807, 2.05) is 0 Å². The molecule has 0 aromatic heterocycles. The number of unbranched alkanes of at least 4 members (excludes halogenated alkanes) is 1. The van der Waals surface area contributed by atoms with Gasteiger partial charge in [0.25, 0.3) is 0 Å². The number of nitrogens with one attached hydrogen (secondary N) is 1. The van der Waals surface area contributed by atoms with Crippen LogP contribution in [0.3, 0.4) is 0 Å². The van der Waals surface area contributed by atoms with Crippen molar-refractivity contribution >= 4 is 11.9 Å². The number of aliphatic imine (C=N–C) groups is 1. The second-order valence-corrected chi connectivity index (χ2v) is 6.61. The van der Waals surface area contributed by atoms with Crippen LogP contribution in [0.4, 0.5) is 4.39 Å². The van der Waals surface area contributed by atoms with Crippen molar-refractivity contribution in [1.29, 1.82) is 0 Å². The lowest BCUT2D eigenvalue weighted by Crippen LogP contribution is -2.47. The second-order valence-electron chi connectivity index (χ2n) is 6.61. The summed E-state index contributed by atoms with van der Waals surface area (Å²) in [6.07, 6.45) is 4.36. The van der Waals surface area contributed by atoms with Gasteiger partial charge in [-0.25, -0.2) is 4.39 Å². The number of piperidine rings is 1. The molecule has 1 atom stereocenters. The van der Waals surface area contributed by atoms with Gasteiger partial charge in [0, 0.05) is 33.1 Å². The summed E-state index contributed by atoms with van der Waals surface area (Å²) in [5, 5.41) is 3.37. The number of carbonyl (C=O) groups is 1. The lowest BCUT2D eigenvalue weighted by Gasteiger charge is -2.34. The van der Waals surface area contributed by atoms with Gasteiger partial charge >= 0.3 is 0 Å². The van der Waals surface area contributed by atoms with Gasteiger partial charge in [-0.05, 0) is 55.9 Å². The average Bonchev–Trinajstić information content (AvgIpc) is 2.62. The normalized spacial score (nSPS) is 17.8. The number of nitrogens with zero attached hydrogens (tertiary/aromatic N) is 2. The predicted molar refractivity (Wildman–Crippen MR) is 101 cm³/mol. The first-order chi connectivity index (χ1) is 12.6. The predicted octanol–water partition coefficient (Wildman–Crippen LogP) is 2.15. The number of halogens is 1. The third-order valence-corrected chi connectivity index (χ3v) is 4.46. The first-order valence-electron chi connectivity index (χ1n) is 9.20. The van der Waals surface area contributed by atoms with E-state index in [4.69, 9.17) is 10.5 Å². The SMILES string of the molecule is CN=C(NCCCCOc1ccc(F)cc1)N1CCCC(CC(N)=O)C1. The summed E-state index contributed by atoms with van der Waals surface area (Å²) in [4.78, 5) is 17.7. The van der Waals surface area contributed by atoms with Crippen LogP contribution in [0.5, 0.6) is 5.75 Å². The highest BCUT2D eigenvalue weighted by molar-refractivity contribution is 5.80. The molecule has 6 nitrogen and oxygen atoms in total. The molecule has 1 unspecified atom stereocenters. The number of nitrogens with two attached hydrogens (primary N) is 1. The molecule has 1 fully saturated rings. The Morgan fingerprint density at radius 1 is 1.38 bits per heavy atom. The minimum atomic E-state index is -0.260. The molecule has 144 valence electrons. The monoisotopic (exact) mass is 364 g/mol. The minimum Gasteiger partial charge on any atom is -0.494 e. The molecule has 1 aliphatic rings. The third-order valence-electron chi connectivity index (χ3n) is 4.46. The van der Waals surface area contributed by atoms with Crippen LogP contribution in [0.15, 0.2) is 29.3 Å². The molecule has 1 heterocycles. The Kier molecular flexibility index (Phi) is 8.18. The van der Waals surface area contributed by atoms with Crippen molar-refractivity contribution in [3.63, 3.8) is 0 Å². The summed E-state index contributed by atoms with van der Waals surface area (Å²) in [5.41, 5.74) is 5.32. The van der Waals surface area contributed by atoms with Crippen LogP contribution in [-0.4, -0.2) is 50.1 Å². The van der Waals surface area contributed by atoms with Crippen molar-refractivity contribution in [2.24, 2.45) is 16.6 Å². The van der Waals surface area contributed by atoms with Gasteiger partial charge in [-0.2, -0.15) is 0 Å². The van der Waals surface area contributed by atoms with E-state index in [-0.39, 0.29) is 11.7 Å². The Morgan fingerprint density at radius 3 is 2.85 bits per heavy atom. The van der Waals surface area contributed by atoms with E-state index in [1.54, 1.807) is 19.2 Å². The topological polar surface area (TPSA) is 80.0 Å². The number of rotatable bonds is 8. The molecule has 1 aromatic carbocycles. The van der Waals surface area contributed by atoms with Crippen molar-refractivity contribution < 1.29 is 13.9 Å². The molecule has 26 heavy (non-hydrogen) atoms. The lowest BCUT2D eigenvalue weighted by atomic mass is 9.95. The number of primary amides is 1. The van der Waals surface area contributed by atoms with E-state index in [1.165, 1.54) is 12.1 Å². The van der Waals surface area contributed by atoms with E-state index >= 15 is 0 Å². The zero-order chi connectivity index (χ0) is 18.8. The maximum absolute atomic E-state index is 12.8. The number of amides is 1. The van der Waals surface area contributed by atoms with Crippen LogP contribution in [0, 0.1) is 11.7 Å². The average molecular weight is 364 g/mol. The Labute approximate surface area is 154 Å². The Bertz CT molecular complexity index is 592.